The lowest BCUT2D eigenvalue weighted by atomic mass is 10.0. The average molecular weight is 395 g/mol. The number of ether oxygens (including phenoxy) is 2. The van der Waals surface area contributed by atoms with Crippen molar-refractivity contribution in [3.63, 3.8) is 0 Å². The summed E-state index contributed by atoms with van der Waals surface area (Å²) in [5.41, 5.74) is 1.51. The highest BCUT2D eigenvalue weighted by Crippen LogP contribution is 2.34. The number of carbonyl (C=O) groups is 2. The van der Waals surface area contributed by atoms with Crippen molar-refractivity contribution in [3.05, 3.63) is 48.0 Å². The first-order chi connectivity index (χ1) is 14.1. The fourth-order valence-electron chi connectivity index (χ4n) is 3.79. The quantitative estimate of drug-likeness (QED) is 0.812. The summed E-state index contributed by atoms with van der Waals surface area (Å²) in [5, 5.41) is 5.75. The zero-order valence-electron chi connectivity index (χ0n) is 16.4. The summed E-state index contributed by atoms with van der Waals surface area (Å²) in [6, 6.07) is 12.2. The number of likely N-dealkylation sites (tertiary alicyclic amines) is 1. The Hall–Kier alpha value is -3.06. The van der Waals surface area contributed by atoms with Crippen molar-refractivity contribution in [2.75, 3.05) is 37.1 Å². The van der Waals surface area contributed by atoms with Crippen LogP contribution in [0.15, 0.2) is 42.5 Å². The summed E-state index contributed by atoms with van der Waals surface area (Å²) in [4.78, 5) is 27.5. The van der Waals surface area contributed by atoms with Crippen LogP contribution in [0.5, 0.6) is 11.5 Å². The van der Waals surface area contributed by atoms with E-state index in [-0.39, 0.29) is 18.6 Å². The topological polar surface area (TPSA) is 79.9 Å². The number of piperidine rings is 1. The highest BCUT2D eigenvalue weighted by molar-refractivity contribution is 6.10. The Morgan fingerprint density at radius 3 is 2.79 bits per heavy atom. The largest absolute Gasteiger partial charge is 0.454 e. The number of hydrogen-bond acceptors (Lipinski definition) is 5. The van der Waals surface area contributed by atoms with E-state index in [9.17, 15) is 9.59 Å². The molecule has 0 saturated carbocycles. The number of nitrogens with zero attached hydrogens (tertiary/aromatic N) is 1. The normalized spacial score (nSPS) is 18.3. The summed E-state index contributed by atoms with van der Waals surface area (Å²) < 4.78 is 10.6. The second-order valence-corrected chi connectivity index (χ2v) is 7.60. The number of benzene rings is 2. The molecule has 4 rings (SSSR count). The van der Waals surface area contributed by atoms with Crippen molar-refractivity contribution < 1.29 is 19.1 Å². The van der Waals surface area contributed by atoms with E-state index in [2.05, 4.69) is 22.5 Å². The third-order valence-corrected chi connectivity index (χ3v) is 5.18. The molecule has 2 heterocycles. The SMILES string of the molecule is CC1CCCN(CC(=O)Nc2ccccc2C(=O)Nc2ccc3c(c2)OCO3)C1. The molecule has 2 aliphatic rings. The second-order valence-electron chi connectivity index (χ2n) is 7.60. The Balaban J connectivity index is 1.42. The Morgan fingerprint density at radius 1 is 1.10 bits per heavy atom. The lowest BCUT2D eigenvalue weighted by Crippen LogP contribution is -2.39. The minimum absolute atomic E-state index is 0.109. The number of para-hydroxylation sites is 1. The van der Waals surface area contributed by atoms with Crippen LogP contribution in [-0.2, 0) is 4.79 Å². The molecular weight excluding hydrogens is 370 g/mol. The van der Waals surface area contributed by atoms with Gasteiger partial charge in [-0.1, -0.05) is 19.1 Å². The zero-order chi connectivity index (χ0) is 20.2. The van der Waals surface area contributed by atoms with Crippen LogP contribution >= 0.6 is 0 Å². The maximum absolute atomic E-state index is 12.8. The van der Waals surface area contributed by atoms with Gasteiger partial charge < -0.3 is 20.1 Å². The molecule has 29 heavy (non-hydrogen) atoms. The molecule has 0 bridgehead atoms. The van der Waals surface area contributed by atoms with E-state index in [4.69, 9.17) is 9.47 Å². The molecule has 2 aliphatic heterocycles. The Labute approximate surface area is 170 Å². The maximum atomic E-state index is 12.8. The van der Waals surface area contributed by atoms with Gasteiger partial charge in [-0.25, -0.2) is 0 Å². The van der Waals surface area contributed by atoms with E-state index in [1.807, 2.05) is 0 Å². The number of nitrogens with one attached hydrogen (secondary N) is 2. The van der Waals surface area contributed by atoms with Gasteiger partial charge >= 0.3 is 0 Å². The number of anilines is 2. The van der Waals surface area contributed by atoms with Crippen LogP contribution in [0, 0.1) is 5.92 Å². The first-order valence-corrected chi connectivity index (χ1v) is 9.91. The first kappa shape index (κ1) is 19.3. The van der Waals surface area contributed by atoms with Crippen molar-refractivity contribution in [1.82, 2.24) is 4.90 Å². The molecule has 2 N–H and O–H groups in total. The molecule has 1 unspecified atom stereocenters. The van der Waals surface area contributed by atoms with E-state index in [1.165, 1.54) is 6.42 Å². The Bertz CT molecular complexity index is 915. The molecule has 7 heteroatoms. The van der Waals surface area contributed by atoms with E-state index >= 15 is 0 Å². The van der Waals surface area contributed by atoms with Crippen LogP contribution in [0.2, 0.25) is 0 Å². The van der Waals surface area contributed by atoms with Gasteiger partial charge in [0.05, 0.1) is 17.8 Å². The fourth-order valence-corrected chi connectivity index (χ4v) is 3.79. The number of fused-ring (bicyclic) bond motifs is 1. The van der Waals surface area contributed by atoms with Gasteiger partial charge in [0.2, 0.25) is 12.7 Å². The van der Waals surface area contributed by atoms with Gasteiger partial charge in [0, 0.05) is 18.3 Å². The van der Waals surface area contributed by atoms with Gasteiger partial charge in [0.15, 0.2) is 11.5 Å². The third-order valence-electron chi connectivity index (χ3n) is 5.18. The van der Waals surface area contributed by atoms with E-state index in [1.54, 1.807) is 42.5 Å². The second kappa shape index (κ2) is 8.53. The minimum Gasteiger partial charge on any atom is -0.454 e. The monoisotopic (exact) mass is 395 g/mol. The van der Waals surface area contributed by atoms with Crippen LogP contribution in [0.1, 0.15) is 30.1 Å². The summed E-state index contributed by atoms with van der Waals surface area (Å²) in [7, 11) is 0. The molecule has 2 amide bonds. The Morgan fingerprint density at radius 2 is 1.93 bits per heavy atom. The summed E-state index contributed by atoms with van der Waals surface area (Å²) in [5.74, 6) is 1.45. The molecule has 2 aromatic carbocycles. The van der Waals surface area contributed by atoms with Crippen LogP contribution in [0.3, 0.4) is 0 Å². The van der Waals surface area contributed by atoms with E-state index in [0.29, 0.717) is 40.9 Å². The van der Waals surface area contributed by atoms with Gasteiger partial charge in [0.1, 0.15) is 0 Å². The summed E-state index contributed by atoms with van der Waals surface area (Å²) in [6.45, 7) is 4.59. The fraction of sp³-hybridized carbons (Fsp3) is 0.364. The van der Waals surface area contributed by atoms with Crippen LogP contribution in [-0.4, -0.2) is 43.1 Å². The van der Waals surface area contributed by atoms with Gasteiger partial charge in [-0.15, -0.1) is 0 Å². The molecule has 0 aliphatic carbocycles. The molecule has 152 valence electrons. The van der Waals surface area contributed by atoms with Crippen molar-refractivity contribution >= 4 is 23.2 Å². The van der Waals surface area contributed by atoms with Crippen LogP contribution in [0.4, 0.5) is 11.4 Å². The predicted molar refractivity (Wildman–Crippen MR) is 110 cm³/mol. The molecule has 1 fully saturated rings. The molecule has 2 aromatic rings. The molecule has 0 aromatic heterocycles. The number of amides is 2. The summed E-state index contributed by atoms with van der Waals surface area (Å²) in [6.07, 6.45) is 2.32. The molecular formula is C22H25N3O4. The lowest BCUT2D eigenvalue weighted by Gasteiger charge is -2.30. The molecule has 1 atom stereocenters. The van der Waals surface area contributed by atoms with Crippen LogP contribution < -0.4 is 20.1 Å². The number of rotatable bonds is 5. The van der Waals surface area contributed by atoms with E-state index < -0.39 is 0 Å². The van der Waals surface area contributed by atoms with Gasteiger partial charge in [-0.3, -0.25) is 14.5 Å². The smallest absolute Gasteiger partial charge is 0.257 e. The van der Waals surface area contributed by atoms with Gasteiger partial charge in [-0.2, -0.15) is 0 Å². The van der Waals surface area contributed by atoms with Gasteiger partial charge in [0.25, 0.3) is 5.91 Å². The maximum Gasteiger partial charge on any atom is 0.257 e. The number of hydrogen-bond donors (Lipinski definition) is 2. The van der Waals surface area contributed by atoms with Crippen LogP contribution in [0.25, 0.3) is 0 Å². The van der Waals surface area contributed by atoms with Gasteiger partial charge in [-0.05, 0) is 49.6 Å². The Kier molecular flexibility index (Phi) is 5.67. The third kappa shape index (κ3) is 4.68. The van der Waals surface area contributed by atoms with Crippen molar-refractivity contribution in [3.8, 4) is 11.5 Å². The predicted octanol–water partition coefficient (Wildman–Crippen LogP) is 3.34. The molecule has 1 saturated heterocycles. The lowest BCUT2D eigenvalue weighted by molar-refractivity contribution is -0.117. The van der Waals surface area contributed by atoms with Crippen molar-refractivity contribution in [1.29, 1.82) is 0 Å². The molecule has 0 spiro atoms. The zero-order valence-corrected chi connectivity index (χ0v) is 16.4. The molecule has 7 nitrogen and oxygen atoms in total. The van der Waals surface area contributed by atoms with Crippen molar-refractivity contribution in [2.24, 2.45) is 5.92 Å². The first-order valence-electron chi connectivity index (χ1n) is 9.91. The highest BCUT2D eigenvalue weighted by atomic mass is 16.7. The summed E-state index contributed by atoms with van der Waals surface area (Å²) >= 11 is 0. The highest BCUT2D eigenvalue weighted by Gasteiger charge is 2.20. The minimum atomic E-state index is -0.300. The standard InChI is InChI=1S/C22H25N3O4/c1-15-5-4-10-25(12-15)13-21(26)24-18-7-3-2-6-17(18)22(27)23-16-8-9-19-20(11-16)29-14-28-19/h2-3,6-9,11,15H,4-5,10,12-14H2,1H3,(H,23,27)(H,24,26). The van der Waals surface area contributed by atoms with Crippen molar-refractivity contribution in [2.45, 2.75) is 19.8 Å². The van der Waals surface area contributed by atoms with E-state index in [0.717, 1.165) is 19.5 Å². The molecule has 0 radical (unpaired) electrons. The average Bonchev–Trinajstić information content (AvgIpc) is 3.16. The number of carbonyl (C=O) groups excluding carboxylic acids is 2.